The summed E-state index contributed by atoms with van der Waals surface area (Å²) in [6.45, 7) is 12.9. The second-order valence-electron chi connectivity index (χ2n) is 10.1. The van der Waals surface area contributed by atoms with Crippen LogP contribution in [0.2, 0.25) is 0 Å². The molecule has 3 heterocycles. The number of hydrogen-bond acceptors (Lipinski definition) is 3. The van der Waals surface area contributed by atoms with Crippen LogP contribution in [0.5, 0.6) is 0 Å². The fraction of sp³-hybridized carbons (Fsp3) is 0.542. The number of carbonyl (C=O) groups excluding carboxylic acids is 1. The summed E-state index contributed by atoms with van der Waals surface area (Å²) in [6, 6.07) is 8.44. The predicted octanol–water partition coefficient (Wildman–Crippen LogP) is 4.80. The van der Waals surface area contributed by atoms with E-state index in [-0.39, 0.29) is 17.9 Å². The molecule has 2 atom stereocenters. The maximum atomic E-state index is 12.9. The summed E-state index contributed by atoms with van der Waals surface area (Å²) in [4.78, 5) is 15.0. The van der Waals surface area contributed by atoms with Gasteiger partial charge in [-0.1, -0.05) is 38.1 Å². The van der Waals surface area contributed by atoms with Crippen LogP contribution in [0.4, 0.5) is 5.69 Å². The van der Waals surface area contributed by atoms with Crippen LogP contribution in [0.1, 0.15) is 65.9 Å². The van der Waals surface area contributed by atoms with Crippen LogP contribution < -0.4 is 4.90 Å². The summed E-state index contributed by atoms with van der Waals surface area (Å²) in [5, 5.41) is 0. The average Bonchev–Trinajstić information content (AvgIpc) is 3.10. The summed E-state index contributed by atoms with van der Waals surface area (Å²) in [5.41, 5.74) is 5.38. The first-order valence-corrected chi connectivity index (χ1v) is 10.8. The highest BCUT2D eigenvalue weighted by atomic mass is 16.7. The molecule has 4 aliphatic rings. The van der Waals surface area contributed by atoms with E-state index in [0.29, 0.717) is 12.3 Å². The Morgan fingerprint density at radius 3 is 2.38 bits per heavy atom. The van der Waals surface area contributed by atoms with Gasteiger partial charge in [0.05, 0.1) is 17.2 Å². The molecule has 5 heteroatoms. The highest BCUT2D eigenvalue weighted by Gasteiger charge is 2.58. The average molecular weight is 391 g/mol. The number of rotatable bonds is 2. The van der Waals surface area contributed by atoms with E-state index in [4.69, 9.17) is 9.31 Å². The first kappa shape index (κ1) is 19.1. The quantitative estimate of drug-likeness (QED) is 0.680. The molecule has 29 heavy (non-hydrogen) atoms. The highest BCUT2D eigenvalue weighted by molar-refractivity contribution is 6.55. The topological polar surface area (TPSA) is 38.8 Å². The van der Waals surface area contributed by atoms with Crippen LogP contribution in [-0.4, -0.2) is 30.3 Å². The number of para-hydroxylation sites is 1. The molecule has 3 aliphatic heterocycles. The normalized spacial score (nSPS) is 29.3. The minimum atomic E-state index is -0.398. The molecule has 0 spiro atoms. The molecular weight excluding hydrogens is 361 g/mol. The largest absolute Gasteiger partial charge is 0.491 e. The number of carbonyl (C=O) groups is 1. The molecule has 0 N–H and O–H groups in total. The SMILES string of the molecule is CC(C)C1=C(B2OC(C)(C)C(C)(C)O2)[C@H]2c3ccccc3N3C(=O)CCC(=C1)[C@@H]23. The van der Waals surface area contributed by atoms with Crippen LogP contribution in [-0.2, 0) is 14.1 Å². The molecule has 0 unspecified atom stereocenters. The Bertz CT molecular complexity index is 943. The van der Waals surface area contributed by atoms with Crippen molar-refractivity contribution in [2.24, 2.45) is 5.92 Å². The van der Waals surface area contributed by atoms with Crippen molar-refractivity contribution < 1.29 is 14.1 Å². The fourth-order valence-electron chi connectivity index (χ4n) is 5.34. The van der Waals surface area contributed by atoms with E-state index in [1.165, 1.54) is 22.2 Å². The summed E-state index contributed by atoms with van der Waals surface area (Å²) < 4.78 is 13.1. The zero-order valence-corrected chi connectivity index (χ0v) is 18.3. The lowest BCUT2D eigenvalue weighted by atomic mass is 9.60. The lowest BCUT2D eigenvalue weighted by Crippen LogP contribution is -2.47. The molecule has 0 radical (unpaired) electrons. The van der Waals surface area contributed by atoms with Crippen molar-refractivity contribution in [3.05, 3.63) is 52.5 Å². The fourth-order valence-corrected chi connectivity index (χ4v) is 5.34. The standard InChI is InChI=1S/C24H30BNO3/c1-14(2)17-13-15-11-12-19(27)26-18-10-8-7-9-16(18)20(22(15)26)21(17)25-28-23(3,4)24(5,6)29-25/h7-10,13-14,20,22H,11-12H2,1-6H3/t20-,22+/m1/s1. The lowest BCUT2D eigenvalue weighted by molar-refractivity contribution is -0.119. The van der Waals surface area contributed by atoms with Crippen molar-refractivity contribution in [2.75, 3.05) is 4.90 Å². The smallest absolute Gasteiger partial charge is 0.400 e. The second-order valence-corrected chi connectivity index (χ2v) is 10.1. The number of anilines is 1. The number of benzene rings is 1. The number of amides is 1. The Kier molecular flexibility index (Phi) is 4.02. The minimum Gasteiger partial charge on any atom is -0.400 e. The van der Waals surface area contributed by atoms with Crippen LogP contribution in [0.3, 0.4) is 0 Å². The molecule has 5 rings (SSSR count). The van der Waals surface area contributed by atoms with Gasteiger partial charge in [-0.05, 0) is 68.3 Å². The zero-order valence-electron chi connectivity index (χ0n) is 18.3. The van der Waals surface area contributed by atoms with Gasteiger partial charge in [-0.15, -0.1) is 0 Å². The van der Waals surface area contributed by atoms with Crippen molar-refractivity contribution in [1.29, 1.82) is 0 Å². The summed E-state index contributed by atoms with van der Waals surface area (Å²) >= 11 is 0. The van der Waals surface area contributed by atoms with Gasteiger partial charge in [0.2, 0.25) is 5.91 Å². The van der Waals surface area contributed by atoms with Gasteiger partial charge in [0.1, 0.15) is 0 Å². The molecule has 1 aromatic carbocycles. The van der Waals surface area contributed by atoms with Crippen molar-refractivity contribution in [3.8, 4) is 0 Å². The van der Waals surface area contributed by atoms with E-state index in [2.05, 4.69) is 65.8 Å². The number of allylic oxidation sites excluding steroid dienone is 2. The van der Waals surface area contributed by atoms with Gasteiger partial charge >= 0.3 is 7.12 Å². The third-order valence-corrected chi connectivity index (χ3v) is 7.54. The van der Waals surface area contributed by atoms with Crippen LogP contribution >= 0.6 is 0 Å². The van der Waals surface area contributed by atoms with Crippen molar-refractivity contribution in [3.63, 3.8) is 0 Å². The number of fused-ring (bicyclic) bond motifs is 3. The van der Waals surface area contributed by atoms with Gasteiger partial charge in [-0.2, -0.15) is 0 Å². The number of nitrogens with zero attached hydrogens (tertiary/aromatic N) is 1. The van der Waals surface area contributed by atoms with Gasteiger partial charge in [-0.25, -0.2) is 0 Å². The Morgan fingerprint density at radius 1 is 1.07 bits per heavy atom. The lowest BCUT2D eigenvalue weighted by Gasteiger charge is -2.40. The van der Waals surface area contributed by atoms with Gasteiger partial charge < -0.3 is 14.2 Å². The molecule has 1 aliphatic carbocycles. The van der Waals surface area contributed by atoms with E-state index in [1.807, 2.05) is 11.0 Å². The van der Waals surface area contributed by atoms with Crippen LogP contribution in [0, 0.1) is 5.92 Å². The minimum absolute atomic E-state index is 0.0603. The summed E-state index contributed by atoms with van der Waals surface area (Å²) in [7, 11) is -0.398. The molecule has 0 saturated carbocycles. The van der Waals surface area contributed by atoms with Gasteiger partial charge in [-0.3, -0.25) is 4.79 Å². The van der Waals surface area contributed by atoms with Gasteiger partial charge in [0, 0.05) is 18.0 Å². The summed E-state index contributed by atoms with van der Waals surface area (Å²) in [5.74, 6) is 0.683. The Labute approximate surface area is 174 Å². The van der Waals surface area contributed by atoms with Crippen molar-refractivity contribution >= 4 is 18.7 Å². The molecule has 4 nitrogen and oxygen atoms in total. The first-order valence-electron chi connectivity index (χ1n) is 10.8. The second kappa shape index (κ2) is 6.08. The maximum Gasteiger partial charge on any atom is 0.491 e. The van der Waals surface area contributed by atoms with Crippen molar-refractivity contribution in [2.45, 2.75) is 77.5 Å². The summed E-state index contributed by atoms with van der Waals surface area (Å²) in [6.07, 6.45) is 3.77. The molecule has 1 amide bonds. The number of hydrogen-bond donors (Lipinski definition) is 0. The van der Waals surface area contributed by atoms with Crippen LogP contribution in [0.25, 0.3) is 0 Å². The monoisotopic (exact) mass is 391 g/mol. The van der Waals surface area contributed by atoms with E-state index in [1.54, 1.807) is 0 Å². The van der Waals surface area contributed by atoms with E-state index in [9.17, 15) is 4.79 Å². The number of piperidine rings is 1. The van der Waals surface area contributed by atoms with E-state index >= 15 is 0 Å². The Morgan fingerprint density at radius 2 is 1.72 bits per heavy atom. The first-order chi connectivity index (χ1) is 13.6. The molecular formula is C24H30BNO3. The van der Waals surface area contributed by atoms with E-state index < -0.39 is 18.3 Å². The van der Waals surface area contributed by atoms with E-state index in [0.717, 1.165) is 12.1 Å². The third-order valence-electron chi connectivity index (χ3n) is 7.54. The zero-order chi connectivity index (χ0) is 20.7. The molecule has 0 bridgehead atoms. The molecule has 0 aromatic heterocycles. The van der Waals surface area contributed by atoms with Crippen LogP contribution in [0.15, 0.2) is 47.0 Å². The molecule has 2 saturated heterocycles. The predicted molar refractivity (Wildman–Crippen MR) is 116 cm³/mol. The Hall–Kier alpha value is -1.85. The highest BCUT2D eigenvalue weighted by Crippen LogP contribution is 2.55. The van der Waals surface area contributed by atoms with Crippen molar-refractivity contribution in [1.82, 2.24) is 0 Å². The Balaban J connectivity index is 1.72. The molecule has 2 fully saturated rings. The van der Waals surface area contributed by atoms with Gasteiger partial charge in [0.25, 0.3) is 0 Å². The molecule has 152 valence electrons. The molecule has 1 aromatic rings. The van der Waals surface area contributed by atoms with Gasteiger partial charge in [0.15, 0.2) is 0 Å². The maximum absolute atomic E-state index is 12.9. The third kappa shape index (κ3) is 2.56.